The van der Waals surface area contributed by atoms with Crippen molar-refractivity contribution in [2.75, 3.05) is 4.90 Å². The standard InChI is InChI=1S/C24H24N4O3S/c1-16(29)17-6-4-9-19(14-17)28(24(31)20-15-25-11-12-26-20)22(21-10-5-13-32-21)23(30)27-18-7-2-3-8-18/h4-6,9-15,18,22H,2-3,7-8H2,1H3,(H,27,30). The van der Waals surface area contributed by atoms with E-state index in [0.717, 1.165) is 30.6 Å². The number of nitrogens with one attached hydrogen (secondary N) is 1. The Morgan fingerprint density at radius 3 is 2.59 bits per heavy atom. The highest BCUT2D eigenvalue weighted by atomic mass is 32.1. The number of thiophene rings is 1. The molecule has 1 aromatic carbocycles. The number of benzene rings is 1. The molecule has 1 atom stereocenters. The van der Waals surface area contributed by atoms with Crippen molar-refractivity contribution in [3.05, 3.63) is 76.5 Å². The van der Waals surface area contributed by atoms with E-state index < -0.39 is 11.9 Å². The van der Waals surface area contributed by atoms with Gasteiger partial charge in [0.25, 0.3) is 5.91 Å². The van der Waals surface area contributed by atoms with Crippen molar-refractivity contribution in [1.29, 1.82) is 0 Å². The van der Waals surface area contributed by atoms with Crippen LogP contribution >= 0.6 is 11.3 Å². The minimum Gasteiger partial charge on any atom is -0.351 e. The fraction of sp³-hybridized carbons (Fsp3) is 0.292. The number of anilines is 1. The molecule has 0 spiro atoms. The second kappa shape index (κ2) is 9.82. The second-order valence-electron chi connectivity index (χ2n) is 7.78. The maximum absolute atomic E-state index is 13.7. The molecule has 2 amide bonds. The van der Waals surface area contributed by atoms with E-state index in [4.69, 9.17) is 0 Å². The van der Waals surface area contributed by atoms with Gasteiger partial charge in [0.15, 0.2) is 11.8 Å². The SMILES string of the molecule is CC(=O)c1cccc(N(C(=O)c2cnccn2)C(C(=O)NC2CCCC2)c2cccs2)c1. The van der Waals surface area contributed by atoms with Crippen molar-refractivity contribution >= 4 is 34.6 Å². The molecule has 1 N–H and O–H groups in total. The molecule has 0 aliphatic heterocycles. The zero-order valence-electron chi connectivity index (χ0n) is 17.7. The summed E-state index contributed by atoms with van der Waals surface area (Å²) in [6.07, 6.45) is 8.33. The van der Waals surface area contributed by atoms with E-state index in [1.165, 1.54) is 41.8 Å². The van der Waals surface area contributed by atoms with Gasteiger partial charge in [-0.05, 0) is 43.3 Å². The van der Waals surface area contributed by atoms with Gasteiger partial charge >= 0.3 is 0 Å². The topological polar surface area (TPSA) is 92.3 Å². The predicted octanol–water partition coefficient (Wildman–Crippen LogP) is 4.19. The van der Waals surface area contributed by atoms with Crippen LogP contribution in [0, 0.1) is 0 Å². The first-order valence-corrected chi connectivity index (χ1v) is 11.5. The lowest BCUT2D eigenvalue weighted by Crippen LogP contribution is -2.46. The van der Waals surface area contributed by atoms with Gasteiger partial charge in [-0.2, -0.15) is 0 Å². The zero-order valence-corrected chi connectivity index (χ0v) is 18.5. The van der Waals surface area contributed by atoms with Gasteiger partial charge in [0.2, 0.25) is 5.91 Å². The first-order chi connectivity index (χ1) is 15.5. The van der Waals surface area contributed by atoms with Gasteiger partial charge in [-0.15, -0.1) is 11.3 Å². The molecule has 2 aromatic heterocycles. The van der Waals surface area contributed by atoms with Gasteiger partial charge in [-0.25, -0.2) is 4.98 Å². The summed E-state index contributed by atoms with van der Waals surface area (Å²) in [5.74, 6) is -0.828. The Kier molecular flexibility index (Phi) is 6.70. The summed E-state index contributed by atoms with van der Waals surface area (Å²) in [7, 11) is 0. The normalized spacial score (nSPS) is 14.7. The summed E-state index contributed by atoms with van der Waals surface area (Å²) in [6.45, 7) is 1.47. The number of aromatic nitrogens is 2. The predicted molar refractivity (Wildman–Crippen MR) is 123 cm³/mol. The first kappa shape index (κ1) is 21.8. The van der Waals surface area contributed by atoms with E-state index in [1.54, 1.807) is 24.3 Å². The molecule has 2 heterocycles. The van der Waals surface area contributed by atoms with E-state index in [9.17, 15) is 14.4 Å². The molecule has 4 rings (SSSR count). The van der Waals surface area contributed by atoms with Crippen LogP contribution in [0.15, 0.2) is 60.4 Å². The van der Waals surface area contributed by atoms with Crippen LogP contribution in [-0.2, 0) is 4.79 Å². The molecule has 0 radical (unpaired) electrons. The van der Waals surface area contributed by atoms with Crippen LogP contribution in [-0.4, -0.2) is 33.6 Å². The van der Waals surface area contributed by atoms with Gasteiger partial charge in [-0.3, -0.25) is 24.3 Å². The molecular weight excluding hydrogens is 424 g/mol. The van der Waals surface area contributed by atoms with Crippen molar-refractivity contribution in [1.82, 2.24) is 15.3 Å². The average Bonchev–Trinajstić information content (AvgIpc) is 3.52. The van der Waals surface area contributed by atoms with E-state index in [1.807, 2.05) is 17.5 Å². The lowest BCUT2D eigenvalue weighted by Gasteiger charge is -2.31. The van der Waals surface area contributed by atoms with Gasteiger partial charge in [0.1, 0.15) is 5.69 Å². The lowest BCUT2D eigenvalue weighted by atomic mass is 10.1. The Hall–Kier alpha value is -3.39. The summed E-state index contributed by atoms with van der Waals surface area (Å²) >= 11 is 1.41. The van der Waals surface area contributed by atoms with E-state index >= 15 is 0 Å². The Morgan fingerprint density at radius 1 is 1.12 bits per heavy atom. The molecule has 1 fully saturated rings. The molecule has 0 bridgehead atoms. The van der Waals surface area contributed by atoms with E-state index in [2.05, 4.69) is 15.3 Å². The highest BCUT2D eigenvalue weighted by molar-refractivity contribution is 7.10. The molecule has 1 unspecified atom stereocenters. The molecule has 8 heteroatoms. The molecule has 1 saturated carbocycles. The van der Waals surface area contributed by atoms with Gasteiger partial charge < -0.3 is 5.32 Å². The number of amides is 2. The van der Waals surface area contributed by atoms with Crippen molar-refractivity contribution in [3.8, 4) is 0 Å². The molecule has 1 aliphatic rings. The quantitative estimate of drug-likeness (QED) is 0.547. The maximum atomic E-state index is 13.7. The Bertz CT molecular complexity index is 1100. The van der Waals surface area contributed by atoms with Crippen LogP contribution in [0.25, 0.3) is 0 Å². The van der Waals surface area contributed by atoms with Crippen LogP contribution in [0.3, 0.4) is 0 Å². The third-order valence-corrected chi connectivity index (χ3v) is 6.48. The summed E-state index contributed by atoms with van der Waals surface area (Å²) in [4.78, 5) is 49.6. The van der Waals surface area contributed by atoms with E-state index in [-0.39, 0.29) is 23.4 Å². The highest BCUT2D eigenvalue weighted by Gasteiger charge is 2.36. The van der Waals surface area contributed by atoms with Crippen LogP contribution in [0.4, 0.5) is 5.69 Å². The number of carbonyl (C=O) groups excluding carboxylic acids is 3. The number of carbonyl (C=O) groups is 3. The minimum atomic E-state index is -0.896. The molecule has 164 valence electrons. The second-order valence-corrected chi connectivity index (χ2v) is 8.76. The molecular formula is C24H24N4O3S. The van der Waals surface area contributed by atoms with Crippen LogP contribution < -0.4 is 10.2 Å². The molecule has 0 saturated heterocycles. The third-order valence-electron chi connectivity index (χ3n) is 5.55. The number of nitrogens with zero attached hydrogens (tertiary/aromatic N) is 3. The average molecular weight is 449 g/mol. The molecule has 3 aromatic rings. The number of hydrogen-bond acceptors (Lipinski definition) is 6. The summed E-state index contributed by atoms with van der Waals surface area (Å²) in [5, 5.41) is 5.01. The minimum absolute atomic E-state index is 0.0991. The molecule has 32 heavy (non-hydrogen) atoms. The maximum Gasteiger partial charge on any atom is 0.279 e. The van der Waals surface area contributed by atoms with Gasteiger partial charge in [0.05, 0.1) is 6.20 Å². The van der Waals surface area contributed by atoms with Gasteiger partial charge in [-0.1, -0.05) is 31.0 Å². The van der Waals surface area contributed by atoms with Gasteiger partial charge in [0, 0.05) is 34.6 Å². The van der Waals surface area contributed by atoms with Crippen molar-refractivity contribution < 1.29 is 14.4 Å². The number of Topliss-reactive ketones (excluding diaryl/α,β-unsaturated/α-hetero) is 1. The first-order valence-electron chi connectivity index (χ1n) is 10.6. The largest absolute Gasteiger partial charge is 0.351 e. The smallest absolute Gasteiger partial charge is 0.279 e. The van der Waals surface area contributed by atoms with Crippen LogP contribution in [0.2, 0.25) is 0 Å². The van der Waals surface area contributed by atoms with E-state index in [0.29, 0.717) is 11.3 Å². The van der Waals surface area contributed by atoms with Crippen LogP contribution in [0.1, 0.15) is 64.4 Å². The summed E-state index contributed by atoms with van der Waals surface area (Å²) in [6, 6.07) is 9.67. The zero-order chi connectivity index (χ0) is 22.5. The Morgan fingerprint density at radius 2 is 1.94 bits per heavy atom. The van der Waals surface area contributed by atoms with Crippen LogP contribution in [0.5, 0.6) is 0 Å². The van der Waals surface area contributed by atoms with Crippen molar-refractivity contribution in [2.24, 2.45) is 0 Å². The summed E-state index contributed by atoms with van der Waals surface area (Å²) < 4.78 is 0. The fourth-order valence-electron chi connectivity index (χ4n) is 3.96. The fourth-order valence-corrected chi connectivity index (χ4v) is 4.77. The number of ketones is 1. The molecule has 7 nitrogen and oxygen atoms in total. The summed E-state index contributed by atoms with van der Waals surface area (Å²) in [5.41, 5.74) is 1.03. The monoisotopic (exact) mass is 448 g/mol. The van der Waals surface area contributed by atoms with Crippen molar-refractivity contribution in [2.45, 2.75) is 44.7 Å². The number of rotatable bonds is 7. The number of hydrogen-bond donors (Lipinski definition) is 1. The highest BCUT2D eigenvalue weighted by Crippen LogP contribution is 2.33. The Labute approximate surface area is 190 Å². The third kappa shape index (κ3) is 4.75. The molecule has 1 aliphatic carbocycles. The van der Waals surface area contributed by atoms with Crippen molar-refractivity contribution in [3.63, 3.8) is 0 Å². The Balaban J connectivity index is 1.81. The lowest BCUT2D eigenvalue weighted by molar-refractivity contribution is -0.123.